The fourth-order valence-electron chi connectivity index (χ4n) is 2.31. The molecular formula is C16H28N2O2. The number of nitrogens with zero attached hydrogens (tertiary/aromatic N) is 1. The third kappa shape index (κ3) is 8.25. The van der Waals surface area contributed by atoms with Gasteiger partial charge in [0.05, 0.1) is 0 Å². The van der Waals surface area contributed by atoms with Gasteiger partial charge in [-0.25, -0.2) is 0 Å². The lowest BCUT2D eigenvalue weighted by atomic mass is 10.0. The van der Waals surface area contributed by atoms with Crippen molar-refractivity contribution in [3.05, 3.63) is 30.1 Å². The summed E-state index contributed by atoms with van der Waals surface area (Å²) in [6.45, 7) is 1.77. The van der Waals surface area contributed by atoms with Crippen LogP contribution in [0.25, 0.3) is 0 Å². The van der Waals surface area contributed by atoms with Crippen LogP contribution in [0.1, 0.15) is 44.2 Å². The quantitative estimate of drug-likeness (QED) is 0.745. The van der Waals surface area contributed by atoms with Crippen LogP contribution in [-0.2, 0) is 6.42 Å². The van der Waals surface area contributed by atoms with Gasteiger partial charge in [-0.2, -0.15) is 0 Å². The lowest BCUT2D eigenvalue weighted by molar-refractivity contribution is 0.266. The second-order valence-corrected chi connectivity index (χ2v) is 5.16. The third-order valence-electron chi connectivity index (χ3n) is 3.44. The molecule has 1 unspecified atom stereocenters. The zero-order chi connectivity index (χ0) is 14.5. The molecule has 1 atom stereocenters. The molecule has 0 saturated carbocycles. The SMILES string of the molecule is OCCCC1CCCCN1.OCCCc1ccccn1. The molecule has 0 radical (unpaired) electrons. The molecule has 0 aliphatic carbocycles. The topological polar surface area (TPSA) is 65.4 Å². The Morgan fingerprint density at radius 3 is 2.60 bits per heavy atom. The van der Waals surface area contributed by atoms with Gasteiger partial charge in [-0.05, 0) is 57.2 Å². The summed E-state index contributed by atoms with van der Waals surface area (Å²) in [5.41, 5.74) is 1.05. The monoisotopic (exact) mass is 280 g/mol. The van der Waals surface area contributed by atoms with E-state index in [4.69, 9.17) is 10.2 Å². The number of aliphatic hydroxyl groups excluding tert-OH is 2. The van der Waals surface area contributed by atoms with Gasteiger partial charge in [-0.1, -0.05) is 12.5 Å². The number of pyridine rings is 1. The minimum Gasteiger partial charge on any atom is -0.396 e. The van der Waals surface area contributed by atoms with Gasteiger partial charge in [0.15, 0.2) is 0 Å². The van der Waals surface area contributed by atoms with Crippen LogP contribution in [0.15, 0.2) is 24.4 Å². The summed E-state index contributed by atoms with van der Waals surface area (Å²) in [6, 6.07) is 6.51. The Morgan fingerprint density at radius 1 is 1.15 bits per heavy atom. The highest BCUT2D eigenvalue weighted by molar-refractivity contribution is 5.03. The van der Waals surface area contributed by atoms with E-state index in [0.29, 0.717) is 12.6 Å². The van der Waals surface area contributed by atoms with Gasteiger partial charge in [-0.15, -0.1) is 0 Å². The molecule has 1 aromatic heterocycles. The summed E-state index contributed by atoms with van der Waals surface area (Å²) < 4.78 is 0. The number of piperidine rings is 1. The molecule has 0 aromatic carbocycles. The molecule has 1 aliphatic rings. The lowest BCUT2D eigenvalue weighted by Crippen LogP contribution is -2.33. The van der Waals surface area contributed by atoms with Crippen molar-refractivity contribution >= 4 is 0 Å². The maximum absolute atomic E-state index is 8.57. The molecule has 0 amide bonds. The summed E-state index contributed by atoms with van der Waals surface area (Å²) in [5.74, 6) is 0. The molecule has 4 nitrogen and oxygen atoms in total. The zero-order valence-electron chi connectivity index (χ0n) is 12.3. The first-order chi connectivity index (χ1) is 9.86. The van der Waals surface area contributed by atoms with Crippen LogP contribution in [0.4, 0.5) is 0 Å². The zero-order valence-corrected chi connectivity index (χ0v) is 12.3. The minimum atomic E-state index is 0.247. The van der Waals surface area contributed by atoms with E-state index < -0.39 is 0 Å². The maximum Gasteiger partial charge on any atom is 0.0434 e. The fraction of sp³-hybridized carbons (Fsp3) is 0.688. The average Bonchev–Trinajstić information content (AvgIpc) is 2.53. The van der Waals surface area contributed by atoms with Crippen molar-refractivity contribution in [1.29, 1.82) is 0 Å². The first kappa shape index (κ1) is 17.1. The van der Waals surface area contributed by atoms with E-state index in [2.05, 4.69) is 10.3 Å². The van der Waals surface area contributed by atoms with Gasteiger partial charge in [-0.3, -0.25) is 4.98 Å². The first-order valence-corrected chi connectivity index (χ1v) is 7.72. The van der Waals surface area contributed by atoms with Crippen LogP contribution in [0.5, 0.6) is 0 Å². The smallest absolute Gasteiger partial charge is 0.0434 e. The van der Waals surface area contributed by atoms with Crippen LogP contribution >= 0.6 is 0 Å². The Bertz CT molecular complexity index is 314. The largest absolute Gasteiger partial charge is 0.396 e. The lowest BCUT2D eigenvalue weighted by Gasteiger charge is -2.22. The van der Waals surface area contributed by atoms with Crippen molar-refractivity contribution in [2.75, 3.05) is 19.8 Å². The van der Waals surface area contributed by atoms with Gasteiger partial charge in [0.2, 0.25) is 0 Å². The van der Waals surface area contributed by atoms with E-state index in [-0.39, 0.29) is 6.61 Å². The van der Waals surface area contributed by atoms with Crippen LogP contribution in [0.2, 0.25) is 0 Å². The van der Waals surface area contributed by atoms with Crippen LogP contribution < -0.4 is 5.32 Å². The molecule has 0 spiro atoms. The third-order valence-corrected chi connectivity index (χ3v) is 3.44. The number of nitrogens with one attached hydrogen (secondary N) is 1. The number of aliphatic hydroxyl groups is 2. The van der Waals surface area contributed by atoms with Crippen molar-refractivity contribution < 1.29 is 10.2 Å². The van der Waals surface area contributed by atoms with Crippen molar-refractivity contribution in [1.82, 2.24) is 10.3 Å². The van der Waals surface area contributed by atoms with Crippen molar-refractivity contribution in [3.8, 4) is 0 Å². The maximum atomic E-state index is 8.57. The summed E-state index contributed by atoms with van der Waals surface area (Å²) in [7, 11) is 0. The van der Waals surface area contributed by atoms with Gasteiger partial charge in [0.1, 0.15) is 0 Å². The summed E-state index contributed by atoms with van der Waals surface area (Å²) in [5, 5.41) is 20.5. The number of aryl methyl sites for hydroxylation is 1. The van der Waals surface area contributed by atoms with Crippen LogP contribution in [0, 0.1) is 0 Å². The average molecular weight is 280 g/mol. The van der Waals surface area contributed by atoms with Gasteiger partial charge >= 0.3 is 0 Å². The number of rotatable bonds is 6. The fourth-order valence-corrected chi connectivity index (χ4v) is 2.31. The molecule has 1 fully saturated rings. The van der Waals surface area contributed by atoms with E-state index in [9.17, 15) is 0 Å². The van der Waals surface area contributed by atoms with E-state index >= 15 is 0 Å². The Kier molecular flexibility index (Phi) is 10.1. The van der Waals surface area contributed by atoms with Crippen LogP contribution in [-0.4, -0.2) is 41.0 Å². The molecule has 0 bridgehead atoms. The number of hydrogen-bond acceptors (Lipinski definition) is 4. The van der Waals surface area contributed by atoms with Crippen LogP contribution in [0.3, 0.4) is 0 Å². The van der Waals surface area contributed by atoms with Gasteiger partial charge < -0.3 is 15.5 Å². The van der Waals surface area contributed by atoms with Crippen molar-refractivity contribution in [2.45, 2.75) is 51.0 Å². The van der Waals surface area contributed by atoms with E-state index in [1.54, 1.807) is 6.20 Å². The van der Waals surface area contributed by atoms with Gasteiger partial charge in [0, 0.05) is 31.1 Å². The molecule has 2 rings (SSSR count). The summed E-state index contributed by atoms with van der Waals surface area (Å²) in [4.78, 5) is 4.11. The highest BCUT2D eigenvalue weighted by Gasteiger charge is 2.10. The minimum absolute atomic E-state index is 0.247. The summed E-state index contributed by atoms with van der Waals surface area (Å²) in [6.07, 6.45) is 9.55. The molecule has 1 saturated heterocycles. The molecule has 1 aromatic rings. The molecule has 20 heavy (non-hydrogen) atoms. The van der Waals surface area contributed by atoms with E-state index in [1.165, 1.54) is 25.8 Å². The van der Waals surface area contributed by atoms with E-state index in [1.807, 2.05) is 18.2 Å². The highest BCUT2D eigenvalue weighted by Crippen LogP contribution is 2.10. The Balaban J connectivity index is 0.000000200. The molecule has 1 aliphatic heterocycles. The number of hydrogen-bond donors (Lipinski definition) is 3. The molecule has 2 heterocycles. The van der Waals surface area contributed by atoms with E-state index in [0.717, 1.165) is 31.4 Å². The molecule has 114 valence electrons. The summed E-state index contributed by atoms with van der Waals surface area (Å²) >= 11 is 0. The molecular weight excluding hydrogens is 252 g/mol. The van der Waals surface area contributed by atoms with Gasteiger partial charge in [0.25, 0.3) is 0 Å². The normalized spacial score (nSPS) is 18.2. The Labute approximate surface area is 122 Å². The predicted molar refractivity (Wildman–Crippen MR) is 81.6 cm³/mol. The number of aromatic nitrogens is 1. The highest BCUT2D eigenvalue weighted by atomic mass is 16.3. The Morgan fingerprint density at radius 2 is 2.00 bits per heavy atom. The predicted octanol–water partition coefficient (Wildman–Crippen LogP) is 1.91. The first-order valence-electron chi connectivity index (χ1n) is 7.72. The molecule has 4 heteroatoms. The molecule has 3 N–H and O–H groups in total. The van der Waals surface area contributed by atoms with Crippen molar-refractivity contribution in [2.24, 2.45) is 0 Å². The second kappa shape index (κ2) is 11.8. The Hall–Kier alpha value is -0.970. The van der Waals surface area contributed by atoms with Crippen molar-refractivity contribution in [3.63, 3.8) is 0 Å². The standard InChI is InChI=1S/C8H17NO.C8H11NO/c2*10-7-3-5-8-4-1-2-6-9-8/h8-10H,1-7H2;1-2,4,6,10H,3,5,7H2. The second-order valence-electron chi connectivity index (χ2n) is 5.16.